The van der Waals surface area contributed by atoms with Gasteiger partial charge in [-0.25, -0.2) is 0 Å². The minimum absolute atomic E-state index is 0.110. The van der Waals surface area contributed by atoms with Crippen LogP contribution in [0.3, 0.4) is 0 Å². The lowest BCUT2D eigenvalue weighted by atomic mass is 10.2. The van der Waals surface area contributed by atoms with Crippen molar-refractivity contribution in [3.05, 3.63) is 36.0 Å². The van der Waals surface area contributed by atoms with E-state index < -0.39 is 0 Å². The first-order valence-corrected chi connectivity index (χ1v) is 6.43. The molecule has 2 aromatic rings. The average molecular weight is 289 g/mol. The van der Waals surface area contributed by atoms with E-state index in [1.54, 1.807) is 6.21 Å². The van der Waals surface area contributed by atoms with E-state index in [-0.39, 0.29) is 11.0 Å². The van der Waals surface area contributed by atoms with Gasteiger partial charge in [0, 0.05) is 35.6 Å². The zero-order valence-corrected chi connectivity index (χ0v) is 11.6. The molecule has 0 fully saturated rings. The van der Waals surface area contributed by atoms with Crippen molar-refractivity contribution in [1.82, 2.24) is 9.99 Å². The fourth-order valence-corrected chi connectivity index (χ4v) is 2.01. The van der Waals surface area contributed by atoms with Crippen LogP contribution in [0.25, 0.3) is 10.9 Å². The zero-order chi connectivity index (χ0) is 14.5. The van der Waals surface area contributed by atoms with E-state index in [1.807, 2.05) is 35.0 Å². The van der Waals surface area contributed by atoms with Crippen molar-refractivity contribution in [1.29, 1.82) is 0 Å². The molecule has 1 aromatic heterocycles. The minimum Gasteiger partial charge on any atom is -0.375 e. The molecule has 7 heteroatoms. The molecule has 1 heterocycles. The molecule has 5 N–H and O–H groups in total. The van der Waals surface area contributed by atoms with Crippen LogP contribution in [0.1, 0.15) is 12.0 Å². The van der Waals surface area contributed by atoms with E-state index in [0.717, 1.165) is 16.5 Å². The summed E-state index contributed by atoms with van der Waals surface area (Å²) >= 11 is 4.68. The van der Waals surface area contributed by atoms with Crippen molar-refractivity contribution in [3.63, 3.8) is 0 Å². The summed E-state index contributed by atoms with van der Waals surface area (Å²) < 4.78 is 1.97. The Labute approximate surface area is 121 Å². The van der Waals surface area contributed by atoms with E-state index >= 15 is 0 Å². The highest BCUT2D eigenvalue weighted by molar-refractivity contribution is 7.80. The van der Waals surface area contributed by atoms with E-state index in [1.165, 1.54) is 0 Å². The zero-order valence-electron chi connectivity index (χ0n) is 10.7. The van der Waals surface area contributed by atoms with Crippen LogP contribution in [0, 0.1) is 0 Å². The van der Waals surface area contributed by atoms with Crippen molar-refractivity contribution in [2.45, 2.75) is 13.0 Å². The largest absolute Gasteiger partial charge is 0.375 e. The van der Waals surface area contributed by atoms with Gasteiger partial charge in [-0.1, -0.05) is 18.2 Å². The summed E-state index contributed by atoms with van der Waals surface area (Å²) in [7, 11) is 0. The second kappa shape index (κ2) is 6.16. The van der Waals surface area contributed by atoms with Gasteiger partial charge in [-0.2, -0.15) is 5.10 Å². The highest BCUT2D eigenvalue weighted by Gasteiger charge is 2.07. The highest BCUT2D eigenvalue weighted by Crippen LogP contribution is 2.20. The van der Waals surface area contributed by atoms with Crippen LogP contribution in [0.2, 0.25) is 0 Å². The van der Waals surface area contributed by atoms with Crippen LogP contribution < -0.4 is 16.9 Å². The number of hydrogen-bond donors (Lipinski definition) is 3. The molecule has 104 valence electrons. The fourth-order valence-electron chi connectivity index (χ4n) is 1.96. The molecular weight excluding hydrogens is 274 g/mol. The molecule has 1 amide bonds. The van der Waals surface area contributed by atoms with Gasteiger partial charge >= 0.3 is 0 Å². The Morgan fingerprint density at radius 3 is 2.85 bits per heavy atom. The summed E-state index contributed by atoms with van der Waals surface area (Å²) in [5, 5.41) is 5.10. The van der Waals surface area contributed by atoms with Crippen LogP contribution in [0.5, 0.6) is 0 Å². The second-order valence-corrected chi connectivity index (χ2v) is 4.69. The molecule has 0 aliphatic rings. The predicted octanol–water partition coefficient (Wildman–Crippen LogP) is 0.684. The number of nitrogens with two attached hydrogens (primary N) is 2. The summed E-state index contributed by atoms with van der Waals surface area (Å²) in [6, 6.07) is 7.85. The molecule has 0 radical (unpaired) electrons. The van der Waals surface area contributed by atoms with Crippen LogP contribution in [0.4, 0.5) is 0 Å². The van der Waals surface area contributed by atoms with Crippen LogP contribution >= 0.6 is 12.2 Å². The Morgan fingerprint density at radius 2 is 2.15 bits per heavy atom. The molecular formula is C13H15N5OS. The molecule has 2 rings (SSSR count). The third-order valence-corrected chi connectivity index (χ3v) is 2.89. The summed E-state index contributed by atoms with van der Waals surface area (Å²) in [6.07, 6.45) is 3.85. The third-order valence-electron chi connectivity index (χ3n) is 2.80. The Balaban J connectivity index is 2.32. The van der Waals surface area contributed by atoms with Crippen molar-refractivity contribution >= 4 is 40.4 Å². The van der Waals surface area contributed by atoms with Gasteiger partial charge in [-0.3, -0.25) is 10.2 Å². The standard InChI is InChI=1S/C13H15N5OS/c14-12(19)5-6-18-8-9(7-16-17-13(15)20)10-3-1-2-4-11(10)18/h1-4,7-8H,5-6H2,(H2,14,19)(H3,15,17,20)/b16-7-. The van der Waals surface area contributed by atoms with Crippen molar-refractivity contribution < 1.29 is 4.79 Å². The first-order valence-electron chi connectivity index (χ1n) is 6.02. The lowest BCUT2D eigenvalue weighted by Gasteiger charge is -2.02. The number of carbonyl (C=O) groups excluding carboxylic acids is 1. The number of aromatic nitrogens is 1. The number of nitrogens with zero attached hydrogens (tertiary/aromatic N) is 2. The Bertz CT molecular complexity index is 676. The number of amides is 1. The molecule has 0 atom stereocenters. The monoisotopic (exact) mass is 289 g/mol. The SMILES string of the molecule is NC(=O)CCn1cc(/C=N\NC(N)=S)c2ccccc21. The number of hydrazone groups is 1. The first-order chi connectivity index (χ1) is 9.58. The number of primary amides is 1. The summed E-state index contributed by atoms with van der Waals surface area (Å²) in [5.74, 6) is -0.326. The average Bonchev–Trinajstić information content (AvgIpc) is 2.75. The van der Waals surface area contributed by atoms with Crippen molar-refractivity contribution in [2.75, 3.05) is 0 Å². The number of fused-ring (bicyclic) bond motifs is 1. The quantitative estimate of drug-likeness (QED) is 0.428. The lowest BCUT2D eigenvalue weighted by molar-refractivity contribution is -0.118. The Kier molecular flexibility index (Phi) is 4.31. The van der Waals surface area contributed by atoms with Gasteiger partial charge in [-0.05, 0) is 18.3 Å². The predicted molar refractivity (Wildman–Crippen MR) is 83.3 cm³/mol. The van der Waals surface area contributed by atoms with Crippen LogP contribution in [-0.2, 0) is 11.3 Å². The van der Waals surface area contributed by atoms with Gasteiger partial charge < -0.3 is 16.0 Å². The van der Waals surface area contributed by atoms with Crippen molar-refractivity contribution in [3.8, 4) is 0 Å². The van der Waals surface area contributed by atoms with Gasteiger partial charge in [0.05, 0.1) is 6.21 Å². The molecule has 0 aliphatic heterocycles. The van der Waals surface area contributed by atoms with Gasteiger partial charge in [0.25, 0.3) is 0 Å². The van der Waals surface area contributed by atoms with Gasteiger partial charge in [0.1, 0.15) is 0 Å². The van der Waals surface area contributed by atoms with E-state index in [0.29, 0.717) is 13.0 Å². The molecule has 0 saturated carbocycles. The maximum Gasteiger partial charge on any atom is 0.219 e. The molecule has 0 saturated heterocycles. The molecule has 0 bridgehead atoms. The number of benzene rings is 1. The summed E-state index contributed by atoms with van der Waals surface area (Å²) in [4.78, 5) is 10.9. The fraction of sp³-hybridized carbons (Fsp3) is 0.154. The molecule has 6 nitrogen and oxygen atoms in total. The normalized spacial score (nSPS) is 11.0. The molecule has 0 spiro atoms. The van der Waals surface area contributed by atoms with Crippen molar-refractivity contribution in [2.24, 2.45) is 16.6 Å². The molecule has 0 aliphatic carbocycles. The first kappa shape index (κ1) is 14.0. The van der Waals surface area contributed by atoms with Gasteiger partial charge in [0.15, 0.2) is 5.11 Å². The van der Waals surface area contributed by atoms with E-state index in [4.69, 9.17) is 11.5 Å². The number of rotatable bonds is 5. The number of para-hydroxylation sites is 1. The van der Waals surface area contributed by atoms with Crippen LogP contribution in [0.15, 0.2) is 35.6 Å². The highest BCUT2D eigenvalue weighted by atomic mass is 32.1. The summed E-state index contributed by atoms with van der Waals surface area (Å²) in [6.45, 7) is 0.534. The number of nitrogens with one attached hydrogen (secondary N) is 1. The van der Waals surface area contributed by atoms with E-state index in [9.17, 15) is 4.79 Å². The smallest absolute Gasteiger partial charge is 0.219 e. The molecule has 20 heavy (non-hydrogen) atoms. The number of aryl methyl sites for hydroxylation is 1. The third kappa shape index (κ3) is 3.33. The van der Waals surface area contributed by atoms with Gasteiger partial charge in [0.2, 0.25) is 5.91 Å². The number of hydrogen-bond acceptors (Lipinski definition) is 3. The second-order valence-electron chi connectivity index (χ2n) is 4.25. The number of thiocarbonyl (C=S) groups is 1. The lowest BCUT2D eigenvalue weighted by Crippen LogP contribution is -2.23. The van der Waals surface area contributed by atoms with E-state index in [2.05, 4.69) is 22.7 Å². The van der Waals surface area contributed by atoms with Crippen LogP contribution in [-0.4, -0.2) is 21.8 Å². The topological polar surface area (TPSA) is 98.4 Å². The maximum atomic E-state index is 10.9. The Hall–Kier alpha value is -2.41. The molecule has 0 unspecified atom stereocenters. The summed E-state index contributed by atoms with van der Waals surface area (Å²) in [5.41, 5.74) is 14.9. The molecule has 1 aromatic carbocycles. The number of carbonyl (C=O) groups is 1. The Morgan fingerprint density at radius 1 is 1.40 bits per heavy atom. The minimum atomic E-state index is -0.326. The maximum absolute atomic E-state index is 10.9. The van der Waals surface area contributed by atoms with Gasteiger partial charge in [-0.15, -0.1) is 0 Å².